The third kappa shape index (κ3) is 2.95. The molecular formula is C12H19N5O. The minimum atomic E-state index is -0.761. The molecule has 0 aromatic carbocycles. The lowest BCUT2D eigenvalue weighted by molar-refractivity contribution is 0.0515. The van der Waals surface area contributed by atoms with Crippen molar-refractivity contribution >= 4 is 11.5 Å². The van der Waals surface area contributed by atoms with Gasteiger partial charge in [0, 0.05) is 18.9 Å². The number of anilines is 1. The molecule has 0 amide bonds. The molecule has 6 heteroatoms. The molecule has 0 aliphatic rings. The van der Waals surface area contributed by atoms with Gasteiger partial charge in [0.05, 0.1) is 5.60 Å². The topological polar surface area (TPSA) is 75.3 Å². The number of hydrogen-bond acceptors (Lipinski definition) is 5. The van der Waals surface area contributed by atoms with Crippen molar-refractivity contribution in [3.8, 4) is 0 Å². The van der Waals surface area contributed by atoms with E-state index in [0.29, 0.717) is 23.9 Å². The first-order valence-electron chi connectivity index (χ1n) is 6.08. The number of rotatable bonds is 5. The lowest BCUT2D eigenvalue weighted by Crippen LogP contribution is -2.35. The summed E-state index contributed by atoms with van der Waals surface area (Å²) in [5, 5.41) is 21.2. The van der Waals surface area contributed by atoms with Crippen LogP contribution in [0.2, 0.25) is 0 Å². The first-order chi connectivity index (χ1) is 8.48. The highest BCUT2D eigenvalue weighted by Crippen LogP contribution is 2.18. The van der Waals surface area contributed by atoms with Crippen molar-refractivity contribution in [2.24, 2.45) is 5.92 Å². The standard InChI is InChI=1S/C12H19N5O/c1-9(2)6-12(3,18)7-14-10-11-16-15-8-17(11)5-4-13-10/h4-5,8-9,18H,6-7H2,1-3H3,(H,13,14). The Morgan fingerprint density at radius 1 is 1.50 bits per heavy atom. The van der Waals surface area contributed by atoms with Crippen LogP contribution in [0.3, 0.4) is 0 Å². The van der Waals surface area contributed by atoms with Crippen LogP contribution in [-0.2, 0) is 0 Å². The van der Waals surface area contributed by atoms with Gasteiger partial charge in [-0.1, -0.05) is 13.8 Å². The third-order valence-corrected chi connectivity index (χ3v) is 2.70. The molecule has 6 nitrogen and oxygen atoms in total. The van der Waals surface area contributed by atoms with E-state index < -0.39 is 5.60 Å². The predicted octanol–water partition coefficient (Wildman–Crippen LogP) is 1.33. The maximum absolute atomic E-state index is 10.2. The van der Waals surface area contributed by atoms with Crippen LogP contribution in [-0.4, -0.2) is 36.8 Å². The normalized spacial score (nSPS) is 14.9. The highest BCUT2D eigenvalue weighted by molar-refractivity contribution is 5.61. The van der Waals surface area contributed by atoms with E-state index in [1.807, 2.05) is 6.92 Å². The Hall–Kier alpha value is -1.69. The molecular weight excluding hydrogens is 230 g/mol. The van der Waals surface area contributed by atoms with Gasteiger partial charge in [-0.25, -0.2) is 4.98 Å². The van der Waals surface area contributed by atoms with Crippen molar-refractivity contribution in [3.05, 3.63) is 18.7 Å². The molecule has 1 unspecified atom stereocenters. The quantitative estimate of drug-likeness (QED) is 0.836. The maximum Gasteiger partial charge on any atom is 0.203 e. The summed E-state index contributed by atoms with van der Waals surface area (Å²) in [6.45, 7) is 6.44. The van der Waals surface area contributed by atoms with Crippen molar-refractivity contribution in [3.63, 3.8) is 0 Å². The Morgan fingerprint density at radius 2 is 2.28 bits per heavy atom. The fourth-order valence-electron chi connectivity index (χ4n) is 2.11. The van der Waals surface area contributed by atoms with Crippen LogP contribution in [0.4, 0.5) is 5.82 Å². The molecule has 0 aliphatic carbocycles. The van der Waals surface area contributed by atoms with Crippen LogP contribution in [0, 0.1) is 5.92 Å². The Balaban J connectivity index is 2.08. The zero-order chi connectivity index (χ0) is 13.2. The zero-order valence-electron chi connectivity index (χ0n) is 11.0. The Bertz CT molecular complexity index is 520. The molecule has 2 aromatic rings. The smallest absolute Gasteiger partial charge is 0.203 e. The van der Waals surface area contributed by atoms with Crippen LogP contribution >= 0.6 is 0 Å². The molecule has 2 rings (SSSR count). The summed E-state index contributed by atoms with van der Waals surface area (Å²) in [6.07, 6.45) is 5.81. The molecule has 1 atom stereocenters. The molecule has 0 saturated heterocycles. The highest BCUT2D eigenvalue weighted by Gasteiger charge is 2.22. The molecule has 2 heterocycles. The van der Waals surface area contributed by atoms with Crippen LogP contribution in [0.15, 0.2) is 18.7 Å². The van der Waals surface area contributed by atoms with E-state index in [-0.39, 0.29) is 0 Å². The van der Waals surface area contributed by atoms with Crippen molar-refractivity contribution < 1.29 is 5.11 Å². The average molecular weight is 249 g/mol. The second kappa shape index (κ2) is 4.89. The lowest BCUT2D eigenvalue weighted by Gasteiger charge is -2.25. The number of nitrogens with one attached hydrogen (secondary N) is 1. The summed E-state index contributed by atoms with van der Waals surface area (Å²) < 4.78 is 1.78. The maximum atomic E-state index is 10.2. The van der Waals surface area contributed by atoms with E-state index in [1.165, 1.54) is 0 Å². The number of aliphatic hydroxyl groups is 1. The number of nitrogens with zero attached hydrogens (tertiary/aromatic N) is 4. The molecule has 0 aliphatic heterocycles. The van der Waals surface area contributed by atoms with E-state index >= 15 is 0 Å². The Labute approximate surface area is 106 Å². The summed E-state index contributed by atoms with van der Waals surface area (Å²) in [4.78, 5) is 4.22. The number of hydrogen-bond donors (Lipinski definition) is 2. The average Bonchev–Trinajstić information content (AvgIpc) is 2.72. The zero-order valence-corrected chi connectivity index (χ0v) is 11.0. The lowest BCUT2D eigenvalue weighted by atomic mass is 9.94. The monoisotopic (exact) mass is 249 g/mol. The SMILES string of the molecule is CC(C)CC(C)(O)CNc1nccn2cnnc12. The van der Waals surface area contributed by atoms with Crippen molar-refractivity contribution in [2.45, 2.75) is 32.8 Å². The van der Waals surface area contributed by atoms with E-state index in [0.717, 1.165) is 6.42 Å². The van der Waals surface area contributed by atoms with Crippen LogP contribution in [0.1, 0.15) is 27.2 Å². The van der Waals surface area contributed by atoms with Crippen LogP contribution in [0.25, 0.3) is 5.65 Å². The van der Waals surface area contributed by atoms with E-state index in [1.54, 1.807) is 23.1 Å². The van der Waals surface area contributed by atoms with Gasteiger partial charge in [-0.15, -0.1) is 10.2 Å². The van der Waals surface area contributed by atoms with E-state index in [9.17, 15) is 5.11 Å². The van der Waals surface area contributed by atoms with Gasteiger partial charge < -0.3 is 10.4 Å². The summed E-state index contributed by atoms with van der Waals surface area (Å²) in [7, 11) is 0. The van der Waals surface area contributed by atoms with Crippen LogP contribution < -0.4 is 5.32 Å². The Morgan fingerprint density at radius 3 is 3.00 bits per heavy atom. The number of aromatic nitrogens is 4. The molecule has 0 spiro atoms. The van der Waals surface area contributed by atoms with Gasteiger partial charge in [0.1, 0.15) is 6.33 Å². The molecule has 0 bridgehead atoms. The number of fused-ring (bicyclic) bond motifs is 1. The fourth-order valence-corrected chi connectivity index (χ4v) is 2.11. The highest BCUT2D eigenvalue weighted by atomic mass is 16.3. The molecule has 2 aromatic heterocycles. The minimum absolute atomic E-state index is 0.435. The second-order valence-electron chi connectivity index (χ2n) is 5.29. The van der Waals surface area contributed by atoms with Gasteiger partial charge in [-0.05, 0) is 19.3 Å². The van der Waals surface area contributed by atoms with E-state index in [2.05, 4.69) is 34.3 Å². The molecule has 0 radical (unpaired) electrons. The molecule has 0 fully saturated rings. The summed E-state index contributed by atoms with van der Waals surface area (Å²) in [5.74, 6) is 1.08. The summed E-state index contributed by atoms with van der Waals surface area (Å²) in [5.41, 5.74) is -0.0965. The molecule has 98 valence electrons. The molecule has 18 heavy (non-hydrogen) atoms. The molecule has 0 saturated carbocycles. The fraction of sp³-hybridized carbons (Fsp3) is 0.583. The van der Waals surface area contributed by atoms with Gasteiger partial charge in [0.15, 0.2) is 5.82 Å². The first kappa shape index (κ1) is 12.8. The first-order valence-corrected chi connectivity index (χ1v) is 6.08. The second-order valence-corrected chi connectivity index (χ2v) is 5.29. The van der Waals surface area contributed by atoms with Gasteiger partial charge in [0.25, 0.3) is 0 Å². The van der Waals surface area contributed by atoms with Crippen molar-refractivity contribution in [2.75, 3.05) is 11.9 Å². The van der Waals surface area contributed by atoms with Crippen molar-refractivity contribution in [1.29, 1.82) is 0 Å². The van der Waals surface area contributed by atoms with Gasteiger partial charge in [0.2, 0.25) is 5.65 Å². The van der Waals surface area contributed by atoms with Crippen LogP contribution in [0.5, 0.6) is 0 Å². The third-order valence-electron chi connectivity index (χ3n) is 2.70. The molecule has 2 N–H and O–H groups in total. The van der Waals surface area contributed by atoms with Gasteiger partial charge in [-0.3, -0.25) is 4.40 Å². The largest absolute Gasteiger partial charge is 0.388 e. The van der Waals surface area contributed by atoms with Gasteiger partial charge >= 0.3 is 0 Å². The Kier molecular flexibility index (Phi) is 3.47. The summed E-state index contributed by atoms with van der Waals surface area (Å²) in [6, 6.07) is 0. The van der Waals surface area contributed by atoms with E-state index in [4.69, 9.17) is 0 Å². The van der Waals surface area contributed by atoms with Gasteiger partial charge in [-0.2, -0.15) is 0 Å². The predicted molar refractivity (Wildman–Crippen MR) is 69.4 cm³/mol. The summed E-state index contributed by atoms with van der Waals surface area (Å²) >= 11 is 0. The minimum Gasteiger partial charge on any atom is -0.388 e. The van der Waals surface area contributed by atoms with Crippen molar-refractivity contribution in [1.82, 2.24) is 19.6 Å².